The maximum Gasteiger partial charge on any atom is 0.224 e. The largest absolute Gasteiger partial charge is 0.369 e. The summed E-state index contributed by atoms with van der Waals surface area (Å²) in [6, 6.07) is 2.06. The lowest BCUT2D eigenvalue weighted by Crippen LogP contribution is -2.45. The lowest BCUT2D eigenvalue weighted by Gasteiger charge is -2.33. The molecule has 0 aliphatic carbocycles. The van der Waals surface area contributed by atoms with Crippen molar-refractivity contribution in [3.63, 3.8) is 0 Å². The molecule has 7 heteroatoms. The van der Waals surface area contributed by atoms with Crippen LogP contribution in [-0.2, 0) is 4.79 Å². The first-order chi connectivity index (χ1) is 14.6. The first kappa shape index (κ1) is 21.0. The Morgan fingerprint density at radius 2 is 1.83 bits per heavy atom. The highest BCUT2D eigenvalue weighted by Crippen LogP contribution is 2.25. The van der Waals surface area contributed by atoms with E-state index >= 15 is 0 Å². The fourth-order valence-corrected chi connectivity index (χ4v) is 4.54. The molecule has 2 aromatic heterocycles. The summed E-state index contributed by atoms with van der Waals surface area (Å²) in [5, 5.41) is 3.19. The van der Waals surface area contributed by atoms with E-state index in [-0.39, 0.29) is 11.8 Å². The minimum atomic E-state index is 0.0319. The number of pyridine rings is 1. The number of nitrogens with zero attached hydrogens (tertiary/aromatic N) is 5. The van der Waals surface area contributed by atoms with Crippen molar-refractivity contribution in [1.29, 1.82) is 0 Å². The van der Waals surface area contributed by atoms with E-state index in [4.69, 9.17) is 0 Å². The molecular weight excluding hydrogens is 376 g/mol. The van der Waals surface area contributed by atoms with Gasteiger partial charge < -0.3 is 15.1 Å². The predicted octanol–water partition coefficient (Wildman–Crippen LogP) is 2.85. The standard InChI is InChI=1S/C23H34N6O/c1-17-18(2)27-22-21(26-17)14-20(15-25-22)29-12-7-8-19(16-29)23(30)24-9-13-28-10-5-3-4-6-11-28/h14-15,19H,3-13,16H2,1-2H3,(H,24,30)/t19-/m1/s1. The number of carbonyl (C=O) groups is 1. The summed E-state index contributed by atoms with van der Waals surface area (Å²) in [5.74, 6) is 0.221. The zero-order chi connectivity index (χ0) is 20.9. The van der Waals surface area contributed by atoms with Crippen LogP contribution in [0.3, 0.4) is 0 Å². The monoisotopic (exact) mass is 410 g/mol. The van der Waals surface area contributed by atoms with Crippen LogP contribution in [-0.4, -0.2) is 65.0 Å². The van der Waals surface area contributed by atoms with Gasteiger partial charge in [0.25, 0.3) is 0 Å². The number of hydrogen-bond donors (Lipinski definition) is 1. The van der Waals surface area contributed by atoms with Gasteiger partial charge in [0.05, 0.1) is 29.2 Å². The van der Waals surface area contributed by atoms with E-state index in [1.165, 1.54) is 38.8 Å². The van der Waals surface area contributed by atoms with Crippen molar-refractivity contribution in [1.82, 2.24) is 25.2 Å². The number of amides is 1. The van der Waals surface area contributed by atoms with Gasteiger partial charge in [-0.15, -0.1) is 0 Å². The van der Waals surface area contributed by atoms with Gasteiger partial charge in [0, 0.05) is 26.2 Å². The third-order valence-corrected chi connectivity index (χ3v) is 6.50. The van der Waals surface area contributed by atoms with E-state index in [0.717, 1.165) is 61.6 Å². The first-order valence-electron chi connectivity index (χ1n) is 11.5. The molecule has 7 nitrogen and oxygen atoms in total. The number of aryl methyl sites for hydroxylation is 2. The molecule has 2 saturated heterocycles. The number of aromatic nitrogens is 3. The second kappa shape index (κ2) is 9.69. The summed E-state index contributed by atoms with van der Waals surface area (Å²) in [4.78, 5) is 31.2. The molecule has 0 radical (unpaired) electrons. The molecule has 0 bridgehead atoms. The topological polar surface area (TPSA) is 74.2 Å². The molecule has 4 heterocycles. The average Bonchev–Trinajstić information content (AvgIpc) is 3.03. The van der Waals surface area contributed by atoms with Gasteiger partial charge in [-0.1, -0.05) is 12.8 Å². The van der Waals surface area contributed by atoms with Crippen LogP contribution in [0.2, 0.25) is 0 Å². The van der Waals surface area contributed by atoms with Crippen LogP contribution < -0.4 is 10.2 Å². The minimum absolute atomic E-state index is 0.0319. The number of rotatable bonds is 5. The van der Waals surface area contributed by atoms with Crippen LogP contribution in [0.1, 0.15) is 49.9 Å². The highest BCUT2D eigenvalue weighted by atomic mass is 16.1. The smallest absolute Gasteiger partial charge is 0.224 e. The Kier molecular flexibility index (Phi) is 6.77. The van der Waals surface area contributed by atoms with Crippen LogP contribution in [0.5, 0.6) is 0 Å². The van der Waals surface area contributed by atoms with Crippen LogP contribution >= 0.6 is 0 Å². The Bertz CT molecular complexity index is 877. The molecule has 30 heavy (non-hydrogen) atoms. The highest BCUT2D eigenvalue weighted by molar-refractivity contribution is 5.80. The van der Waals surface area contributed by atoms with Gasteiger partial charge >= 0.3 is 0 Å². The quantitative estimate of drug-likeness (QED) is 0.817. The van der Waals surface area contributed by atoms with E-state index in [0.29, 0.717) is 5.65 Å². The fourth-order valence-electron chi connectivity index (χ4n) is 4.54. The van der Waals surface area contributed by atoms with Crippen molar-refractivity contribution in [2.75, 3.05) is 44.2 Å². The number of likely N-dealkylation sites (tertiary alicyclic amines) is 1. The van der Waals surface area contributed by atoms with Crippen molar-refractivity contribution in [2.24, 2.45) is 5.92 Å². The van der Waals surface area contributed by atoms with E-state index in [2.05, 4.69) is 36.1 Å². The van der Waals surface area contributed by atoms with E-state index in [9.17, 15) is 4.79 Å². The number of nitrogens with one attached hydrogen (secondary N) is 1. The Labute approximate surface area is 179 Å². The highest BCUT2D eigenvalue weighted by Gasteiger charge is 2.26. The van der Waals surface area contributed by atoms with Crippen LogP contribution in [0, 0.1) is 19.8 Å². The lowest BCUT2D eigenvalue weighted by molar-refractivity contribution is -0.125. The second-order valence-corrected chi connectivity index (χ2v) is 8.76. The number of fused-ring (bicyclic) bond motifs is 1. The molecule has 1 atom stereocenters. The third-order valence-electron chi connectivity index (χ3n) is 6.50. The molecule has 0 spiro atoms. The van der Waals surface area contributed by atoms with Gasteiger partial charge in [-0.25, -0.2) is 15.0 Å². The van der Waals surface area contributed by atoms with Crippen LogP contribution in [0.4, 0.5) is 5.69 Å². The molecule has 1 N–H and O–H groups in total. The third kappa shape index (κ3) is 5.06. The van der Waals surface area contributed by atoms with Crippen molar-refractivity contribution < 1.29 is 4.79 Å². The SMILES string of the molecule is Cc1nc2cc(N3CCC[C@@H](C(=O)NCCN4CCCCCC4)C3)cnc2nc1C. The normalized spacial score (nSPS) is 20.9. The number of carbonyl (C=O) groups excluding carboxylic acids is 1. The van der Waals surface area contributed by atoms with Crippen molar-refractivity contribution in [2.45, 2.75) is 52.4 Å². The number of anilines is 1. The summed E-state index contributed by atoms with van der Waals surface area (Å²) < 4.78 is 0. The molecule has 2 aromatic rings. The molecule has 1 amide bonds. The van der Waals surface area contributed by atoms with Gasteiger partial charge in [0.1, 0.15) is 5.52 Å². The summed E-state index contributed by atoms with van der Waals surface area (Å²) in [6.45, 7) is 9.67. The minimum Gasteiger partial charge on any atom is -0.369 e. The molecule has 0 saturated carbocycles. The van der Waals surface area contributed by atoms with Gasteiger partial charge in [-0.3, -0.25) is 4.79 Å². The van der Waals surface area contributed by atoms with Gasteiger partial charge in [0.2, 0.25) is 5.91 Å². The summed E-state index contributed by atoms with van der Waals surface area (Å²) in [5.41, 5.74) is 4.38. The van der Waals surface area contributed by atoms with Crippen LogP contribution in [0.15, 0.2) is 12.3 Å². The molecular formula is C23H34N6O. The van der Waals surface area contributed by atoms with Gasteiger partial charge in [-0.05, 0) is 58.7 Å². The van der Waals surface area contributed by atoms with Crippen molar-refractivity contribution >= 4 is 22.8 Å². The molecule has 2 fully saturated rings. The number of piperidine rings is 1. The first-order valence-corrected chi connectivity index (χ1v) is 11.5. The zero-order valence-corrected chi connectivity index (χ0v) is 18.4. The van der Waals surface area contributed by atoms with E-state index < -0.39 is 0 Å². The van der Waals surface area contributed by atoms with Crippen molar-refractivity contribution in [3.05, 3.63) is 23.7 Å². The summed E-state index contributed by atoms with van der Waals surface area (Å²) in [6.07, 6.45) is 9.09. The summed E-state index contributed by atoms with van der Waals surface area (Å²) in [7, 11) is 0. The fraction of sp³-hybridized carbons (Fsp3) is 0.652. The summed E-state index contributed by atoms with van der Waals surface area (Å²) >= 11 is 0. The Morgan fingerprint density at radius 3 is 2.63 bits per heavy atom. The molecule has 162 valence electrons. The molecule has 2 aliphatic heterocycles. The predicted molar refractivity (Wildman–Crippen MR) is 120 cm³/mol. The number of hydrogen-bond acceptors (Lipinski definition) is 6. The Hall–Kier alpha value is -2.28. The maximum absolute atomic E-state index is 12.8. The Morgan fingerprint density at radius 1 is 1.07 bits per heavy atom. The second-order valence-electron chi connectivity index (χ2n) is 8.76. The van der Waals surface area contributed by atoms with E-state index in [1.54, 1.807) is 0 Å². The molecule has 2 aliphatic rings. The Balaban J connectivity index is 1.34. The van der Waals surface area contributed by atoms with Crippen molar-refractivity contribution in [3.8, 4) is 0 Å². The molecule has 4 rings (SSSR count). The lowest BCUT2D eigenvalue weighted by atomic mass is 9.96. The zero-order valence-electron chi connectivity index (χ0n) is 18.4. The molecule has 0 aromatic carbocycles. The van der Waals surface area contributed by atoms with Gasteiger partial charge in [0.15, 0.2) is 5.65 Å². The molecule has 0 unspecified atom stereocenters. The van der Waals surface area contributed by atoms with E-state index in [1.807, 2.05) is 20.0 Å². The van der Waals surface area contributed by atoms with Gasteiger partial charge in [-0.2, -0.15) is 0 Å². The maximum atomic E-state index is 12.8. The average molecular weight is 411 g/mol. The van der Waals surface area contributed by atoms with Crippen LogP contribution in [0.25, 0.3) is 11.2 Å².